The van der Waals surface area contributed by atoms with Gasteiger partial charge in [-0.3, -0.25) is 14.5 Å². The van der Waals surface area contributed by atoms with E-state index >= 15 is 0 Å². The molecule has 0 radical (unpaired) electrons. The average Bonchev–Trinajstić information content (AvgIpc) is 2.93. The van der Waals surface area contributed by atoms with Crippen molar-refractivity contribution in [2.45, 2.75) is 20.8 Å². The Morgan fingerprint density at radius 3 is 2.50 bits per heavy atom. The maximum atomic E-state index is 14.4. The Balaban J connectivity index is 1.54. The Morgan fingerprint density at radius 1 is 0.974 bits per heavy atom. The van der Waals surface area contributed by atoms with Gasteiger partial charge in [0.05, 0.1) is 17.7 Å². The zero-order valence-electron chi connectivity index (χ0n) is 21.9. The van der Waals surface area contributed by atoms with E-state index in [4.69, 9.17) is 0 Å². The summed E-state index contributed by atoms with van der Waals surface area (Å²) in [5.41, 5.74) is 4.50. The number of nitrogens with zero attached hydrogens (tertiary/aromatic N) is 3. The Labute approximate surface area is 221 Å². The fraction of sp³-hybridized carbons (Fsp3) is 0.241. The maximum Gasteiger partial charge on any atom is 0.255 e. The molecule has 1 heterocycles. The van der Waals surface area contributed by atoms with E-state index in [-0.39, 0.29) is 24.0 Å². The highest BCUT2D eigenvalue weighted by Gasteiger charge is 2.14. The van der Waals surface area contributed by atoms with Crippen LogP contribution < -0.4 is 16.0 Å². The van der Waals surface area contributed by atoms with E-state index in [1.807, 2.05) is 56.0 Å². The lowest BCUT2D eigenvalue weighted by molar-refractivity contribution is -0.117. The molecule has 2 amide bonds. The van der Waals surface area contributed by atoms with Crippen molar-refractivity contribution in [2.75, 3.05) is 42.6 Å². The number of likely N-dealkylation sites (N-methyl/N-ethyl adjacent to an activating group) is 1. The summed E-state index contributed by atoms with van der Waals surface area (Å²) < 4.78 is 14.4. The van der Waals surface area contributed by atoms with Crippen molar-refractivity contribution < 1.29 is 14.0 Å². The lowest BCUT2D eigenvalue weighted by Crippen LogP contribution is -2.33. The van der Waals surface area contributed by atoms with Crippen LogP contribution in [0.3, 0.4) is 0 Å². The van der Waals surface area contributed by atoms with Crippen LogP contribution in [0.2, 0.25) is 0 Å². The summed E-state index contributed by atoms with van der Waals surface area (Å²) in [5.74, 6) is -0.688. The van der Waals surface area contributed by atoms with E-state index in [0.717, 1.165) is 27.6 Å². The van der Waals surface area contributed by atoms with Gasteiger partial charge in [-0.2, -0.15) is 0 Å². The number of nitrogens with one attached hydrogen (secondary N) is 3. The van der Waals surface area contributed by atoms with E-state index < -0.39 is 5.82 Å². The van der Waals surface area contributed by atoms with Gasteiger partial charge in [-0.1, -0.05) is 26.0 Å². The van der Waals surface area contributed by atoms with Crippen molar-refractivity contribution in [3.8, 4) is 11.1 Å². The van der Waals surface area contributed by atoms with Gasteiger partial charge in [-0.15, -0.1) is 0 Å². The third-order valence-corrected chi connectivity index (χ3v) is 6.37. The Hall–Kier alpha value is -4.37. The largest absolute Gasteiger partial charge is 0.357 e. The number of anilines is 3. The van der Waals surface area contributed by atoms with Crippen LogP contribution in [0.5, 0.6) is 0 Å². The third kappa shape index (κ3) is 6.12. The number of aromatic nitrogens is 2. The summed E-state index contributed by atoms with van der Waals surface area (Å²) in [4.78, 5) is 36.1. The molecule has 8 nitrogen and oxygen atoms in total. The lowest BCUT2D eigenvalue weighted by Gasteiger charge is -2.17. The minimum atomic E-state index is -0.573. The number of benzene rings is 3. The molecule has 0 bridgehead atoms. The molecule has 0 unspecified atom stereocenters. The van der Waals surface area contributed by atoms with Gasteiger partial charge in [-0.05, 0) is 79.2 Å². The Bertz CT molecular complexity index is 1490. The van der Waals surface area contributed by atoms with E-state index in [1.165, 1.54) is 18.2 Å². The van der Waals surface area contributed by atoms with Crippen molar-refractivity contribution in [3.63, 3.8) is 0 Å². The molecule has 0 saturated carbocycles. The molecular formula is C29H31FN6O2. The molecule has 0 aliphatic rings. The van der Waals surface area contributed by atoms with Crippen molar-refractivity contribution in [2.24, 2.45) is 0 Å². The second-order valence-corrected chi connectivity index (χ2v) is 8.91. The van der Waals surface area contributed by atoms with E-state index in [1.54, 1.807) is 19.3 Å². The first kappa shape index (κ1) is 26.7. The van der Waals surface area contributed by atoms with Gasteiger partial charge in [0.2, 0.25) is 11.9 Å². The van der Waals surface area contributed by atoms with Crippen molar-refractivity contribution in [1.82, 2.24) is 14.9 Å². The molecule has 3 N–H and O–H groups in total. The second kappa shape index (κ2) is 11.8. The van der Waals surface area contributed by atoms with E-state index in [2.05, 4.69) is 25.9 Å². The zero-order chi connectivity index (χ0) is 27.2. The van der Waals surface area contributed by atoms with Crippen molar-refractivity contribution >= 4 is 40.0 Å². The molecular weight excluding hydrogens is 483 g/mol. The van der Waals surface area contributed by atoms with Crippen LogP contribution in [-0.2, 0) is 4.79 Å². The van der Waals surface area contributed by atoms with Crippen LogP contribution in [0, 0.1) is 12.7 Å². The monoisotopic (exact) mass is 514 g/mol. The first-order valence-electron chi connectivity index (χ1n) is 12.5. The summed E-state index contributed by atoms with van der Waals surface area (Å²) in [5, 5.41) is 9.23. The van der Waals surface area contributed by atoms with Gasteiger partial charge in [0.15, 0.2) is 0 Å². The highest BCUT2D eigenvalue weighted by Crippen LogP contribution is 2.28. The predicted molar refractivity (Wildman–Crippen MR) is 150 cm³/mol. The summed E-state index contributed by atoms with van der Waals surface area (Å²) >= 11 is 0. The molecule has 1 aromatic heterocycles. The van der Waals surface area contributed by atoms with Crippen LogP contribution in [-0.4, -0.2) is 53.4 Å². The maximum absolute atomic E-state index is 14.4. The molecule has 196 valence electrons. The normalized spacial score (nSPS) is 11.0. The SMILES string of the molecule is CCN(CC)CC(=O)Nc1cc(NC(=O)c2ccc(C)c(-c3ccc4nc(NC)ncc4c3)c2)ccc1F. The highest BCUT2D eigenvalue weighted by molar-refractivity contribution is 6.05. The van der Waals surface area contributed by atoms with Crippen LogP contribution >= 0.6 is 0 Å². The first-order valence-corrected chi connectivity index (χ1v) is 12.5. The fourth-order valence-corrected chi connectivity index (χ4v) is 4.14. The van der Waals surface area contributed by atoms with E-state index in [0.29, 0.717) is 30.3 Å². The van der Waals surface area contributed by atoms with Gasteiger partial charge >= 0.3 is 0 Å². The number of hydrogen-bond donors (Lipinski definition) is 3. The topological polar surface area (TPSA) is 99.3 Å². The van der Waals surface area contributed by atoms with Gasteiger partial charge in [0, 0.05) is 29.9 Å². The average molecular weight is 515 g/mol. The summed E-state index contributed by atoms with van der Waals surface area (Å²) in [6.45, 7) is 7.48. The lowest BCUT2D eigenvalue weighted by atomic mass is 9.97. The van der Waals surface area contributed by atoms with Gasteiger partial charge in [-0.25, -0.2) is 14.4 Å². The van der Waals surface area contributed by atoms with Crippen molar-refractivity contribution in [3.05, 3.63) is 77.7 Å². The molecule has 3 aromatic carbocycles. The molecule has 0 atom stereocenters. The number of fused-ring (bicyclic) bond motifs is 1. The van der Waals surface area contributed by atoms with E-state index in [9.17, 15) is 14.0 Å². The highest BCUT2D eigenvalue weighted by atomic mass is 19.1. The first-order chi connectivity index (χ1) is 18.3. The quantitative estimate of drug-likeness (QED) is 0.280. The number of amides is 2. The predicted octanol–water partition coefficient (Wildman–Crippen LogP) is 5.32. The van der Waals surface area contributed by atoms with Gasteiger partial charge in [0.1, 0.15) is 5.82 Å². The summed E-state index contributed by atoms with van der Waals surface area (Å²) in [6, 6.07) is 15.4. The number of carbonyl (C=O) groups is 2. The third-order valence-electron chi connectivity index (χ3n) is 6.37. The van der Waals surface area contributed by atoms with Crippen LogP contribution in [0.4, 0.5) is 21.7 Å². The zero-order valence-corrected chi connectivity index (χ0v) is 21.9. The number of halogens is 1. The molecule has 38 heavy (non-hydrogen) atoms. The standard InChI is InChI=1S/C29H31FN6O2/c1-5-36(6-2)17-27(37)34-26-15-22(10-11-24(26)30)33-28(38)20-8-7-18(3)23(14-20)19-9-12-25-21(13-19)16-32-29(31-4)35-25/h7-16H,5-6,17H2,1-4H3,(H,33,38)(H,34,37)(H,31,32,35). The molecule has 4 aromatic rings. The second-order valence-electron chi connectivity index (χ2n) is 8.91. The molecule has 0 aliphatic carbocycles. The number of aryl methyl sites for hydroxylation is 1. The van der Waals surface area contributed by atoms with Crippen LogP contribution in [0.25, 0.3) is 22.0 Å². The molecule has 0 aliphatic heterocycles. The van der Waals surface area contributed by atoms with Crippen LogP contribution in [0.1, 0.15) is 29.8 Å². The minimum Gasteiger partial charge on any atom is -0.357 e. The van der Waals surface area contributed by atoms with Gasteiger partial charge in [0.25, 0.3) is 5.91 Å². The minimum absolute atomic E-state index is 0.0179. The number of hydrogen-bond acceptors (Lipinski definition) is 6. The molecule has 0 saturated heterocycles. The Kier molecular flexibility index (Phi) is 8.28. The number of carbonyl (C=O) groups excluding carboxylic acids is 2. The van der Waals surface area contributed by atoms with Gasteiger partial charge < -0.3 is 16.0 Å². The molecule has 0 fully saturated rings. The van der Waals surface area contributed by atoms with Crippen molar-refractivity contribution in [1.29, 1.82) is 0 Å². The molecule has 4 rings (SSSR count). The smallest absolute Gasteiger partial charge is 0.255 e. The molecule has 9 heteroatoms. The fourth-order valence-electron chi connectivity index (χ4n) is 4.14. The summed E-state index contributed by atoms with van der Waals surface area (Å²) in [6.07, 6.45) is 1.76. The Morgan fingerprint density at radius 2 is 1.76 bits per heavy atom. The number of rotatable bonds is 9. The summed E-state index contributed by atoms with van der Waals surface area (Å²) in [7, 11) is 1.77. The van der Waals surface area contributed by atoms with Crippen LogP contribution in [0.15, 0.2) is 60.8 Å². The molecule has 0 spiro atoms.